The van der Waals surface area contributed by atoms with E-state index in [4.69, 9.17) is 14.9 Å². The van der Waals surface area contributed by atoms with Gasteiger partial charge in [0.2, 0.25) is 5.89 Å². The summed E-state index contributed by atoms with van der Waals surface area (Å²) < 4.78 is 10.9. The number of fused-ring (bicyclic) bond motifs is 1. The van der Waals surface area contributed by atoms with Gasteiger partial charge in [-0.15, -0.1) is 11.3 Å². The van der Waals surface area contributed by atoms with E-state index in [1.165, 1.54) is 0 Å². The van der Waals surface area contributed by atoms with E-state index >= 15 is 0 Å². The van der Waals surface area contributed by atoms with Gasteiger partial charge in [-0.3, -0.25) is 0 Å². The number of thiazole rings is 1. The van der Waals surface area contributed by atoms with Crippen molar-refractivity contribution in [2.24, 2.45) is 5.73 Å². The lowest BCUT2D eigenvalue weighted by atomic mass is 10.3. The number of methoxy groups -OCH3 is 1. The Bertz CT molecular complexity index is 705. The summed E-state index contributed by atoms with van der Waals surface area (Å²) in [7, 11) is 1.63. The molecule has 19 heavy (non-hydrogen) atoms. The summed E-state index contributed by atoms with van der Waals surface area (Å²) in [5, 5.41) is 2.93. The van der Waals surface area contributed by atoms with E-state index in [0.29, 0.717) is 12.4 Å². The zero-order valence-electron chi connectivity index (χ0n) is 10.4. The average Bonchev–Trinajstić information content (AvgIpc) is 3.03. The number of aromatic nitrogens is 2. The number of nitrogens with zero attached hydrogens (tertiary/aromatic N) is 2. The third kappa shape index (κ3) is 2.32. The highest BCUT2D eigenvalue weighted by Gasteiger charge is 2.12. The Morgan fingerprint density at radius 1 is 1.37 bits per heavy atom. The highest BCUT2D eigenvalue weighted by Crippen LogP contribution is 2.27. The van der Waals surface area contributed by atoms with Crippen LogP contribution in [0.3, 0.4) is 0 Å². The van der Waals surface area contributed by atoms with E-state index < -0.39 is 0 Å². The predicted molar refractivity (Wildman–Crippen MR) is 74.4 cm³/mol. The van der Waals surface area contributed by atoms with E-state index in [1.807, 2.05) is 23.6 Å². The van der Waals surface area contributed by atoms with Crippen LogP contribution in [0, 0.1) is 0 Å². The summed E-state index contributed by atoms with van der Waals surface area (Å²) in [5.41, 5.74) is 7.76. The second kappa shape index (κ2) is 4.99. The molecule has 6 heteroatoms. The molecule has 0 spiro atoms. The maximum absolute atomic E-state index is 5.69. The van der Waals surface area contributed by atoms with E-state index in [1.54, 1.807) is 18.4 Å². The lowest BCUT2D eigenvalue weighted by Gasteiger charge is -1.95. The minimum Gasteiger partial charge on any atom is -0.497 e. The van der Waals surface area contributed by atoms with Crippen LogP contribution in [0.15, 0.2) is 28.0 Å². The van der Waals surface area contributed by atoms with Crippen LogP contribution in [0.2, 0.25) is 0 Å². The summed E-state index contributed by atoms with van der Waals surface area (Å²) >= 11 is 1.57. The van der Waals surface area contributed by atoms with Crippen LogP contribution in [0.5, 0.6) is 5.75 Å². The van der Waals surface area contributed by atoms with Crippen LogP contribution in [0.4, 0.5) is 0 Å². The third-order valence-electron chi connectivity index (χ3n) is 2.72. The first kappa shape index (κ1) is 12.1. The lowest BCUT2D eigenvalue weighted by molar-refractivity contribution is 0.415. The van der Waals surface area contributed by atoms with Gasteiger partial charge in [0.15, 0.2) is 5.58 Å². The maximum atomic E-state index is 5.69. The molecular formula is C13H13N3O2S. The molecule has 2 heterocycles. The van der Waals surface area contributed by atoms with Gasteiger partial charge in [-0.2, -0.15) is 0 Å². The Hall–Kier alpha value is -1.92. The van der Waals surface area contributed by atoms with Crippen LogP contribution in [0.25, 0.3) is 22.7 Å². The van der Waals surface area contributed by atoms with E-state index in [9.17, 15) is 0 Å². The van der Waals surface area contributed by atoms with Crippen molar-refractivity contribution >= 4 is 22.4 Å². The normalized spacial score (nSPS) is 11.1. The van der Waals surface area contributed by atoms with Gasteiger partial charge in [-0.05, 0) is 18.7 Å². The largest absolute Gasteiger partial charge is 0.497 e. The monoisotopic (exact) mass is 275 g/mol. The van der Waals surface area contributed by atoms with Crippen LogP contribution in [0.1, 0.15) is 5.01 Å². The molecule has 5 nitrogen and oxygen atoms in total. The Balaban J connectivity index is 1.99. The van der Waals surface area contributed by atoms with Gasteiger partial charge < -0.3 is 14.9 Å². The molecule has 2 N–H and O–H groups in total. The lowest BCUT2D eigenvalue weighted by Crippen LogP contribution is -2.01. The second-order valence-corrected chi connectivity index (χ2v) is 4.96. The Morgan fingerprint density at radius 2 is 2.26 bits per heavy atom. The molecule has 1 aromatic carbocycles. The van der Waals surface area contributed by atoms with Crippen LogP contribution in [-0.4, -0.2) is 23.6 Å². The third-order valence-corrected chi connectivity index (χ3v) is 3.63. The number of hydrogen-bond donors (Lipinski definition) is 1. The van der Waals surface area contributed by atoms with Gasteiger partial charge in [0.1, 0.15) is 17.0 Å². The first-order valence-electron chi connectivity index (χ1n) is 5.89. The molecule has 0 aliphatic carbocycles. The van der Waals surface area contributed by atoms with E-state index in [2.05, 4.69) is 9.97 Å². The van der Waals surface area contributed by atoms with Crippen molar-refractivity contribution in [2.75, 3.05) is 13.7 Å². The molecule has 0 aliphatic rings. The Morgan fingerprint density at radius 3 is 3.05 bits per heavy atom. The van der Waals surface area contributed by atoms with Gasteiger partial charge in [0.25, 0.3) is 0 Å². The van der Waals surface area contributed by atoms with Crippen molar-refractivity contribution in [2.45, 2.75) is 6.42 Å². The molecule has 0 radical (unpaired) electrons. The molecule has 2 aromatic heterocycles. The smallest absolute Gasteiger partial charge is 0.247 e. The molecular weight excluding hydrogens is 262 g/mol. The quantitative estimate of drug-likeness (QED) is 0.791. The number of benzene rings is 1. The maximum Gasteiger partial charge on any atom is 0.247 e. The van der Waals surface area contributed by atoms with Gasteiger partial charge in [-0.1, -0.05) is 0 Å². The summed E-state index contributed by atoms with van der Waals surface area (Å²) in [6, 6.07) is 5.53. The standard InChI is InChI=1S/C13H13N3O2S/c1-17-8-2-3-11-9(6-8)16-13(18-11)10-7-19-12(15-10)4-5-14/h2-3,6-7H,4-5,14H2,1H3. The summed E-state index contributed by atoms with van der Waals surface area (Å²) in [5.74, 6) is 1.29. The van der Waals surface area contributed by atoms with Crippen molar-refractivity contribution < 1.29 is 9.15 Å². The highest BCUT2D eigenvalue weighted by molar-refractivity contribution is 7.09. The zero-order valence-corrected chi connectivity index (χ0v) is 11.2. The Kier molecular flexibility index (Phi) is 3.18. The molecule has 0 bridgehead atoms. The summed E-state index contributed by atoms with van der Waals surface area (Å²) in [6.45, 7) is 0.595. The van der Waals surface area contributed by atoms with Crippen LogP contribution < -0.4 is 10.5 Å². The summed E-state index contributed by atoms with van der Waals surface area (Å²) in [4.78, 5) is 8.89. The van der Waals surface area contributed by atoms with E-state index in [-0.39, 0.29) is 0 Å². The number of nitrogens with two attached hydrogens (primary N) is 1. The number of hydrogen-bond acceptors (Lipinski definition) is 6. The van der Waals surface area contributed by atoms with Crippen molar-refractivity contribution in [1.82, 2.24) is 9.97 Å². The molecule has 3 rings (SSSR count). The van der Waals surface area contributed by atoms with Crippen molar-refractivity contribution in [3.63, 3.8) is 0 Å². The van der Waals surface area contributed by atoms with Crippen LogP contribution in [-0.2, 0) is 6.42 Å². The average molecular weight is 275 g/mol. The molecule has 0 saturated carbocycles. The summed E-state index contributed by atoms with van der Waals surface area (Å²) in [6.07, 6.45) is 0.777. The van der Waals surface area contributed by atoms with Crippen LogP contribution >= 0.6 is 11.3 Å². The topological polar surface area (TPSA) is 74.2 Å². The molecule has 98 valence electrons. The molecule has 0 fully saturated rings. The molecule has 0 atom stereocenters. The fraction of sp³-hybridized carbons (Fsp3) is 0.231. The minimum absolute atomic E-state index is 0.530. The van der Waals surface area contributed by atoms with Gasteiger partial charge >= 0.3 is 0 Å². The fourth-order valence-electron chi connectivity index (χ4n) is 1.79. The molecule has 0 unspecified atom stereocenters. The van der Waals surface area contributed by atoms with Crippen molar-refractivity contribution in [3.05, 3.63) is 28.6 Å². The van der Waals surface area contributed by atoms with E-state index in [0.717, 1.165) is 34.0 Å². The predicted octanol–water partition coefficient (Wildman–Crippen LogP) is 2.46. The van der Waals surface area contributed by atoms with Crippen molar-refractivity contribution in [1.29, 1.82) is 0 Å². The number of rotatable bonds is 4. The fourth-order valence-corrected chi connectivity index (χ4v) is 2.58. The first-order valence-corrected chi connectivity index (χ1v) is 6.77. The first-order chi connectivity index (χ1) is 9.30. The van der Waals surface area contributed by atoms with Gasteiger partial charge in [0, 0.05) is 17.9 Å². The SMILES string of the molecule is COc1ccc2oc(-c3csc(CCN)n3)nc2c1. The number of ether oxygens (including phenoxy) is 1. The van der Waals surface area contributed by atoms with Gasteiger partial charge in [0.05, 0.1) is 12.1 Å². The minimum atomic E-state index is 0.530. The van der Waals surface area contributed by atoms with Gasteiger partial charge in [-0.25, -0.2) is 9.97 Å². The molecule has 0 amide bonds. The molecule has 3 aromatic rings. The Labute approximate surface area is 114 Å². The molecule has 0 saturated heterocycles. The zero-order chi connectivity index (χ0) is 13.2. The number of oxazole rings is 1. The highest BCUT2D eigenvalue weighted by atomic mass is 32.1. The van der Waals surface area contributed by atoms with Crippen molar-refractivity contribution in [3.8, 4) is 17.3 Å². The molecule has 0 aliphatic heterocycles. The second-order valence-electron chi connectivity index (χ2n) is 4.02.